The Bertz CT molecular complexity index is 623. The van der Waals surface area contributed by atoms with E-state index in [0.29, 0.717) is 5.56 Å². The summed E-state index contributed by atoms with van der Waals surface area (Å²) >= 11 is 0. The van der Waals surface area contributed by atoms with Crippen LogP contribution in [0.15, 0.2) is 24.3 Å². The van der Waals surface area contributed by atoms with E-state index in [1.54, 1.807) is 39.8 Å². The molecule has 142 valence electrons. The molecule has 0 saturated carbocycles. The van der Waals surface area contributed by atoms with Gasteiger partial charge in [0.05, 0.1) is 21.8 Å². The van der Waals surface area contributed by atoms with Gasteiger partial charge in [0.15, 0.2) is 0 Å². The van der Waals surface area contributed by atoms with E-state index in [2.05, 4.69) is 10.0 Å². The zero-order valence-electron chi connectivity index (χ0n) is 16.0. The minimum atomic E-state index is -1.39. The molecule has 0 fully saturated rings. The summed E-state index contributed by atoms with van der Waals surface area (Å²) in [5.74, 6) is -0.393. The molecule has 0 spiro atoms. The SMILES string of the molecule is C[C@H](NC(=O)OC(C)(C)C)[C@H](N[S@](=O)C(C)(C)C)c1cccc(F)c1. The van der Waals surface area contributed by atoms with Gasteiger partial charge >= 0.3 is 6.09 Å². The van der Waals surface area contributed by atoms with Gasteiger partial charge in [-0.25, -0.2) is 18.1 Å². The first kappa shape index (κ1) is 21.6. The van der Waals surface area contributed by atoms with Crippen LogP contribution in [0.2, 0.25) is 0 Å². The van der Waals surface area contributed by atoms with Crippen LogP contribution >= 0.6 is 0 Å². The summed E-state index contributed by atoms with van der Waals surface area (Å²) < 4.78 is 33.9. The van der Waals surface area contributed by atoms with Crippen LogP contribution in [0.4, 0.5) is 9.18 Å². The molecule has 0 unspecified atom stereocenters. The van der Waals surface area contributed by atoms with Crippen LogP contribution in [0, 0.1) is 5.82 Å². The third-order valence-corrected chi connectivity index (χ3v) is 4.82. The molecule has 1 aromatic rings. The lowest BCUT2D eigenvalue weighted by Gasteiger charge is -2.30. The van der Waals surface area contributed by atoms with Crippen molar-refractivity contribution in [3.05, 3.63) is 35.6 Å². The number of carbonyl (C=O) groups excluding carboxylic acids is 1. The number of ether oxygens (including phenoxy) is 1. The Morgan fingerprint density at radius 2 is 1.80 bits per heavy atom. The van der Waals surface area contributed by atoms with Gasteiger partial charge in [-0.15, -0.1) is 0 Å². The molecule has 0 heterocycles. The van der Waals surface area contributed by atoms with Crippen molar-refractivity contribution >= 4 is 17.1 Å². The number of rotatable bonds is 5. The standard InChI is InChI=1S/C18H29FN2O3S/c1-12(20-16(22)24-17(2,3)4)15(21-25(23)18(5,6)7)13-9-8-10-14(19)11-13/h8-12,15,21H,1-7H3,(H,20,22)/t12-,15-,25+/m0/s1. The molecule has 1 rings (SSSR count). The average Bonchev–Trinajstić information content (AvgIpc) is 2.40. The van der Waals surface area contributed by atoms with Crippen LogP contribution in [-0.2, 0) is 15.7 Å². The van der Waals surface area contributed by atoms with Crippen LogP contribution in [0.3, 0.4) is 0 Å². The van der Waals surface area contributed by atoms with Crippen molar-refractivity contribution in [2.24, 2.45) is 0 Å². The molecule has 5 nitrogen and oxygen atoms in total. The van der Waals surface area contributed by atoms with Gasteiger partial charge < -0.3 is 10.1 Å². The van der Waals surface area contributed by atoms with Gasteiger partial charge in [-0.2, -0.15) is 0 Å². The predicted octanol–water partition coefficient (Wildman–Crippen LogP) is 3.83. The average molecular weight is 373 g/mol. The number of halogens is 1. The molecule has 0 aliphatic carbocycles. The highest BCUT2D eigenvalue weighted by Gasteiger charge is 2.29. The first-order valence-electron chi connectivity index (χ1n) is 8.22. The van der Waals surface area contributed by atoms with Crippen LogP contribution in [0.1, 0.15) is 60.1 Å². The largest absolute Gasteiger partial charge is 0.444 e. The highest BCUT2D eigenvalue weighted by Crippen LogP contribution is 2.22. The van der Waals surface area contributed by atoms with E-state index in [9.17, 15) is 13.4 Å². The number of alkyl carbamates (subject to hydrolysis) is 1. The smallest absolute Gasteiger partial charge is 0.407 e. The van der Waals surface area contributed by atoms with Gasteiger partial charge in [-0.1, -0.05) is 12.1 Å². The molecule has 0 aliphatic rings. The Balaban J connectivity index is 3.01. The van der Waals surface area contributed by atoms with E-state index in [-0.39, 0.29) is 0 Å². The molecule has 1 aromatic carbocycles. The molecular formula is C18H29FN2O3S. The zero-order valence-corrected chi connectivity index (χ0v) is 16.8. The molecule has 0 saturated heterocycles. The fourth-order valence-corrected chi connectivity index (χ4v) is 2.95. The summed E-state index contributed by atoms with van der Waals surface area (Å²) in [5, 5.41) is 2.73. The van der Waals surface area contributed by atoms with Crippen LogP contribution in [-0.4, -0.2) is 26.7 Å². The molecule has 1 amide bonds. The molecule has 0 bridgehead atoms. The van der Waals surface area contributed by atoms with Gasteiger partial charge in [0.2, 0.25) is 0 Å². The van der Waals surface area contributed by atoms with Gasteiger partial charge in [-0.3, -0.25) is 0 Å². The fraction of sp³-hybridized carbons (Fsp3) is 0.611. The second-order valence-corrected chi connectivity index (χ2v) is 9.96. The monoisotopic (exact) mass is 372 g/mol. The third kappa shape index (κ3) is 7.52. The molecule has 0 aliphatic heterocycles. The maximum absolute atomic E-state index is 13.6. The van der Waals surface area contributed by atoms with Gasteiger partial charge in [-0.05, 0) is 66.2 Å². The number of hydrogen-bond acceptors (Lipinski definition) is 3. The predicted molar refractivity (Wildman–Crippen MR) is 99.0 cm³/mol. The van der Waals surface area contributed by atoms with Crippen molar-refractivity contribution in [1.82, 2.24) is 10.0 Å². The summed E-state index contributed by atoms with van der Waals surface area (Å²) in [5.41, 5.74) is -0.0269. The van der Waals surface area contributed by atoms with Crippen LogP contribution in [0.25, 0.3) is 0 Å². The lowest BCUT2D eigenvalue weighted by Crippen LogP contribution is -2.47. The summed E-state index contributed by atoms with van der Waals surface area (Å²) in [6.45, 7) is 12.6. The summed E-state index contributed by atoms with van der Waals surface area (Å²) in [7, 11) is -1.39. The Labute approximate surface area is 152 Å². The first-order chi connectivity index (χ1) is 11.3. The normalized spacial score (nSPS) is 16.0. The summed E-state index contributed by atoms with van der Waals surface area (Å²) in [6, 6.07) is 5.01. The number of amides is 1. The fourth-order valence-electron chi connectivity index (χ4n) is 2.03. The molecular weight excluding hydrogens is 343 g/mol. The quantitative estimate of drug-likeness (QED) is 0.825. The minimum absolute atomic E-state index is 0.393. The van der Waals surface area contributed by atoms with Crippen LogP contribution < -0.4 is 10.0 Å². The summed E-state index contributed by atoms with van der Waals surface area (Å²) in [6.07, 6.45) is -0.579. The minimum Gasteiger partial charge on any atom is -0.444 e. The Morgan fingerprint density at radius 1 is 1.20 bits per heavy atom. The van der Waals surface area contributed by atoms with E-state index in [1.165, 1.54) is 12.1 Å². The van der Waals surface area contributed by atoms with Crippen LogP contribution in [0.5, 0.6) is 0 Å². The maximum atomic E-state index is 13.6. The van der Waals surface area contributed by atoms with Crippen molar-refractivity contribution < 1.29 is 18.1 Å². The van der Waals surface area contributed by atoms with Gasteiger partial charge in [0.1, 0.15) is 11.4 Å². The van der Waals surface area contributed by atoms with E-state index in [1.807, 2.05) is 20.8 Å². The topological polar surface area (TPSA) is 67.4 Å². The molecule has 25 heavy (non-hydrogen) atoms. The first-order valence-corrected chi connectivity index (χ1v) is 9.37. The van der Waals surface area contributed by atoms with Gasteiger partial charge in [0.25, 0.3) is 0 Å². The lowest BCUT2D eigenvalue weighted by molar-refractivity contribution is 0.0500. The van der Waals surface area contributed by atoms with Crippen molar-refractivity contribution in [2.45, 2.75) is 70.9 Å². The molecule has 7 heteroatoms. The lowest BCUT2D eigenvalue weighted by atomic mass is 10.0. The second-order valence-electron chi connectivity index (χ2n) is 7.97. The van der Waals surface area contributed by atoms with Crippen molar-refractivity contribution in [3.8, 4) is 0 Å². The Kier molecular flexibility index (Phi) is 7.14. The highest BCUT2D eigenvalue weighted by molar-refractivity contribution is 7.84. The van der Waals surface area contributed by atoms with Crippen molar-refractivity contribution in [3.63, 3.8) is 0 Å². The Hall–Kier alpha value is -1.47. The van der Waals surface area contributed by atoms with Crippen molar-refractivity contribution in [2.75, 3.05) is 0 Å². The van der Waals surface area contributed by atoms with E-state index < -0.39 is 45.3 Å². The van der Waals surface area contributed by atoms with Gasteiger partial charge in [0, 0.05) is 6.04 Å². The maximum Gasteiger partial charge on any atom is 0.407 e. The zero-order chi connectivity index (χ0) is 19.4. The molecule has 3 atom stereocenters. The molecule has 0 aromatic heterocycles. The molecule has 2 N–H and O–H groups in total. The second kappa shape index (κ2) is 8.27. The number of nitrogens with one attached hydrogen (secondary N) is 2. The van der Waals surface area contributed by atoms with E-state index in [0.717, 1.165) is 0 Å². The molecule has 0 radical (unpaired) electrons. The van der Waals surface area contributed by atoms with E-state index in [4.69, 9.17) is 4.74 Å². The summed E-state index contributed by atoms with van der Waals surface area (Å²) in [4.78, 5) is 12.0. The number of carbonyl (C=O) groups is 1. The van der Waals surface area contributed by atoms with Crippen molar-refractivity contribution in [1.29, 1.82) is 0 Å². The highest BCUT2D eigenvalue weighted by atomic mass is 32.2. The Morgan fingerprint density at radius 3 is 2.28 bits per heavy atom. The number of hydrogen-bond donors (Lipinski definition) is 2. The number of benzene rings is 1. The third-order valence-electron chi connectivity index (χ3n) is 3.24. The van der Waals surface area contributed by atoms with E-state index >= 15 is 0 Å².